The van der Waals surface area contributed by atoms with Crippen LogP contribution in [0.1, 0.15) is 23.5 Å². The number of esters is 1. The number of hydrogen-bond acceptors (Lipinski definition) is 5. The zero-order valence-corrected chi connectivity index (χ0v) is 16.5. The van der Waals surface area contributed by atoms with E-state index in [0.717, 1.165) is 31.9 Å². The Morgan fingerprint density at radius 2 is 1.93 bits per heavy atom. The van der Waals surface area contributed by atoms with Crippen molar-refractivity contribution >= 4 is 33.6 Å². The minimum Gasteiger partial charge on any atom is -0.466 e. The third kappa shape index (κ3) is 3.25. The maximum Gasteiger partial charge on any atom is 0.337 e. The smallest absolute Gasteiger partial charge is 0.337 e. The fraction of sp³-hybridized carbons (Fsp3) is 0.190. The second-order valence-corrected chi connectivity index (χ2v) is 7.84. The van der Waals surface area contributed by atoms with E-state index in [4.69, 9.17) is 4.74 Å². The number of thiazole rings is 1. The zero-order chi connectivity index (χ0) is 19.8. The van der Waals surface area contributed by atoms with Gasteiger partial charge in [0.1, 0.15) is 0 Å². The lowest BCUT2D eigenvalue weighted by atomic mass is 9.93. The first-order valence-electron chi connectivity index (χ1n) is 8.80. The number of amides is 2. The van der Waals surface area contributed by atoms with Crippen molar-refractivity contribution in [2.75, 3.05) is 7.11 Å². The van der Waals surface area contributed by atoms with E-state index in [1.165, 1.54) is 7.11 Å². The van der Waals surface area contributed by atoms with E-state index in [-0.39, 0.29) is 6.03 Å². The molecule has 1 unspecified atom stereocenters. The molecule has 3 aromatic rings. The number of nitrogens with zero attached hydrogens (tertiary/aromatic N) is 1. The number of carbonyl (C=O) groups is 2. The van der Waals surface area contributed by atoms with E-state index in [1.54, 1.807) is 18.3 Å². The average molecular weight is 393 g/mol. The first-order valence-corrected chi connectivity index (χ1v) is 9.62. The van der Waals surface area contributed by atoms with Crippen molar-refractivity contribution in [2.45, 2.75) is 19.9 Å². The van der Waals surface area contributed by atoms with E-state index < -0.39 is 12.0 Å². The van der Waals surface area contributed by atoms with E-state index in [1.807, 2.05) is 31.2 Å². The molecule has 2 heterocycles. The van der Waals surface area contributed by atoms with Gasteiger partial charge in [0.15, 0.2) is 0 Å². The number of rotatable bonds is 3. The highest BCUT2D eigenvalue weighted by atomic mass is 32.1. The third-order valence-electron chi connectivity index (χ3n) is 4.72. The molecular weight excluding hydrogens is 374 g/mol. The van der Waals surface area contributed by atoms with Crippen molar-refractivity contribution in [3.05, 3.63) is 64.3 Å². The summed E-state index contributed by atoms with van der Waals surface area (Å²) in [5.74, 6) is -0.472. The lowest BCUT2D eigenvalue weighted by Gasteiger charge is -2.28. The topological polar surface area (TPSA) is 80.3 Å². The lowest BCUT2D eigenvalue weighted by molar-refractivity contribution is -0.136. The van der Waals surface area contributed by atoms with E-state index in [9.17, 15) is 9.59 Å². The van der Waals surface area contributed by atoms with Gasteiger partial charge in [-0.2, -0.15) is 0 Å². The highest BCUT2D eigenvalue weighted by Gasteiger charge is 2.31. The van der Waals surface area contributed by atoms with Gasteiger partial charge in [-0.05, 0) is 48.7 Å². The van der Waals surface area contributed by atoms with Gasteiger partial charge in [0.2, 0.25) is 0 Å². The Bertz CT molecular complexity index is 1130. The molecule has 0 saturated heterocycles. The summed E-state index contributed by atoms with van der Waals surface area (Å²) in [6, 6.07) is 13.0. The molecular formula is C21H19N3O3S. The maximum atomic E-state index is 12.3. The number of hydrogen-bond donors (Lipinski definition) is 2. The first-order chi connectivity index (χ1) is 13.5. The molecule has 1 aliphatic heterocycles. The summed E-state index contributed by atoms with van der Waals surface area (Å²) >= 11 is 1.67. The largest absolute Gasteiger partial charge is 0.466 e. The van der Waals surface area contributed by atoms with Crippen molar-refractivity contribution < 1.29 is 14.3 Å². The summed E-state index contributed by atoms with van der Waals surface area (Å²) in [6.07, 6.45) is 0. The number of carbonyl (C=O) groups excluding carboxylic acids is 2. The molecule has 4 rings (SSSR count). The van der Waals surface area contributed by atoms with Gasteiger partial charge in [-0.25, -0.2) is 14.6 Å². The van der Waals surface area contributed by atoms with Crippen LogP contribution in [-0.2, 0) is 9.53 Å². The fourth-order valence-corrected chi connectivity index (χ4v) is 4.25. The summed E-state index contributed by atoms with van der Waals surface area (Å²) in [7, 11) is 1.33. The second kappa shape index (κ2) is 7.09. The van der Waals surface area contributed by atoms with Gasteiger partial charge >= 0.3 is 12.0 Å². The fourth-order valence-electron chi connectivity index (χ4n) is 3.44. The Labute approximate surface area is 166 Å². The Morgan fingerprint density at radius 1 is 1.14 bits per heavy atom. The number of fused-ring (bicyclic) bond motifs is 1. The molecule has 2 aromatic carbocycles. The molecule has 7 heteroatoms. The molecule has 28 heavy (non-hydrogen) atoms. The standard InChI is InChI=1S/C21H19N3O3S/c1-11-18(20(25)27-3)19(24-21(26)22-11)15-6-4-5-13(9-15)14-7-8-17-16(10-14)23-12(2)28-17/h4-10,19H,1-3H3,(H2,22,24,26). The Balaban J connectivity index is 1.77. The number of aromatic nitrogens is 1. The van der Waals surface area contributed by atoms with Gasteiger partial charge in [-0.1, -0.05) is 24.3 Å². The SMILES string of the molecule is COC(=O)C1=C(C)NC(=O)NC1c1cccc(-c2ccc3sc(C)nc3c2)c1. The summed E-state index contributed by atoms with van der Waals surface area (Å²) in [5, 5.41) is 6.48. The molecule has 0 spiro atoms. The molecule has 1 aromatic heterocycles. The van der Waals surface area contributed by atoms with Crippen LogP contribution in [0.15, 0.2) is 53.7 Å². The third-order valence-corrected chi connectivity index (χ3v) is 5.67. The summed E-state index contributed by atoms with van der Waals surface area (Å²) in [5.41, 5.74) is 4.67. The number of urea groups is 1. The van der Waals surface area contributed by atoms with Gasteiger partial charge in [0.25, 0.3) is 0 Å². The summed E-state index contributed by atoms with van der Waals surface area (Å²) in [6.45, 7) is 3.69. The van der Waals surface area contributed by atoms with E-state index >= 15 is 0 Å². The minimum atomic E-state index is -0.577. The quantitative estimate of drug-likeness (QED) is 0.657. The molecule has 1 atom stereocenters. The van der Waals surface area contributed by atoms with Crippen LogP contribution in [0, 0.1) is 6.92 Å². The van der Waals surface area contributed by atoms with E-state index in [0.29, 0.717) is 11.3 Å². The number of allylic oxidation sites excluding steroid dienone is 1. The number of aryl methyl sites for hydroxylation is 1. The summed E-state index contributed by atoms with van der Waals surface area (Å²) in [4.78, 5) is 28.9. The van der Waals surface area contributed by atoms with Crippen LogP contribution in [0.25, 0.3) is 21.3 Å². The monoisotopic (exact) mass is 393 g/mol. The number of ether oxygens (including phenoxy) is 1. The first kappa shape index (κ1) is 18.2. The molecule has 2 amide bonds. The Morgan fingerprint density at radius 3 is 2.71 bits per heavy atom. The van der Waals surface area contributed by atoms with Crippen LogP contribution in [-0.4, -0.2) is 24.1 Å². The highest BCUT2D eigenvalue weighted by molar-refractivity contribution is 7.18. The van der Waals surface area contributed by atoms with Crippen LogP contribution in [0.3, 0.4) is 0 Å². The van der Waals surface area contributed by atoms with Gasteiger partial charge in [-0.15, -0.1) is 11.3 Å². The van der Waals surface area contributed by atoms with Gasteiger partial charge < -0.3 is 15.4 Å². The molecule has 0 radical (unpaired) electrons. The van der Waals surface area contributed by atoms with Crippen LogP contribution >= 0.6 is 11.3 Å². The molecule has 1 aliphatic rings. The van der Waals surface area contributed by atoms with Crippen LogP contribution in [0.5, 0.6) is 0 Å². The normalized spacial score (nSPS) is 16.7. The molecule has 2 N–H and O–H groups in total. The molecule has 6 nitrogen and oxygen atoms in total. The molecule has 0 bridgehead atoms. The minimum absolute atomic E-state index is 0.347. The van der Waals surface area contributed by atoms with E-state index in [2.05, 4.69) is 33.8 Å². The van der Waals surface area contributed by atoms with Crippen molar-refractivity contribution in [1.29, 1.82) is 0 Å². The number of nitrogens with one attached hydrogen (secondary N) is 2. The van der Waals surface area contributed by atoms with Crippen LogP contribution in [0.2, 0.25) is 0 Å². The Hall–Kier alpha value is -3.19. The zero-order valence-electron chi connectivity index (χ0n) is 15.7. The second-order valence-electron chi connectivity index (χ2n) is 6.60. The molecule has 0 aliphatic carbocycles. The number of benzene rings is 2. The molecule has 142 valence electrons. The van der Waals surface area contributed by atoms with Crippen molar-refractivity contribution in [3.63, 3.8) is 0 Å². The van der Waals surface area contributed by atoms with Gasteiger partial charge in [0.05, 0.1) is 33.9 Å². The summed E-state index contributed by atoms with van der Waals surface area (Å²) < 4.78 is 6.06. The predicted octanol–water partition coefficient (Wildman–Crippen LogP) is 4.07. The molecule has 0 saturated carbocycles. The predicted molar refractivity (Wildman–Crippen MR) is 109 cm³/mol. The highest BCUT2D eigenvalue weighted by Crippen LogP contribution is 2.32. The maximum absolute atomic E-state index is 12.3. The van der Waals surface area contributed by atoms with Crippen molar-refractivity contribution in [2.24, 2.45) is 0 Å². The van der Waals surface area contributed by atoms with Gasteiger partial charge in [-0.3, -0.25) is 0 Å². The lowest BCUT2D eigenvalue weighted by Crippen LogP contribution is -2.45. The van der Waals surface area contributed by atoms with Crippen molar-refractivity contribution in [1.82, 2.24) is 15.6 Å². The van der Waals surface area contributed by atoms with Crippen molar-refractivity contribution in [3.8, 4) is 11.1 Å². The molecule has 0 fully saturated rings. The van der Waals surface area contributed by atoms with Crippen LogP contribution in [0.4, 0.5) is 4.79 Å². The average Bonchev–Trinajstić information content (AvgIpc) is 3.06. The van der Waals surface area contributed by atoms with Gasteiger partial charge in [0, 0.05) is 5.70 Å². The van der Waals surface area contributed by atoms with Crippen LogP contribution < -0.4 is 10.6 Å². The Kier molecular flexibility index (Phi) is 4.60. The number of methoxy groups -OCH3 is 1.